The van der Waals surface area contributed by atoms with Crippen LogP contribution in [0.15, 0.2) is 48.8 Å². The number of rotatable bonds is 2. The molecule has 7 rings (SSSR count). The van der Waals surface area contributed by atoms with Crippen LogP contribution in [0.5, 0.6) is 0 Å². The minimum absolute atomic E-state index is 0.0205. The lowest BCUT2D eigenvalue weighted by Crippen LogP contribution is -2.49. The van der Waals surface area contributed by atoms with E-state index in [9.17, 15) is 14.4 Å². The lowest BCUT2D eigenvalue weighted by Gasteiger charge is -2.42. The van der Waals surface area contributed by atoms with Gasteiger partial charge < -0.3 is 18.3 Å². The van der Waals surface area contributed by atoms with E-state index in [0.717, 1.165) is 65.5 Å². The predicted octanol–water partition coefficient (Wildman–Crippen LogP) is 4.08. The SMILES string of the molecule is Cc1c(CC(=O)N2C[C@@H]3C[C@@H](C2)c2cccc(=O)n2C3)c(=O)oc2cc3oc4c(c3cc12)CCCC4. The Morgan fingerprint density at radius 3 is 2.72 bits per heavy atom. The van der Waals surface area contributed by atoms with Crippen LogP contribution in [0, 0.1) is 12.8 Å². The smallest absolute Gasteiger partial charge is 0.340 e. The van der Waals surface area contributed by atoms with Crippen LogP contribution in [0.2, 0.25) is 0 Å². The Balaban J connectivity index is 1.21. The number of fused-ring (bicyclic) bond motifs is 8. The summed E-state index contributed by atoms with van der Waals surface area (Å²) in [6.45, 7) is 3.72. The van der Waals surface area contributed by atoms with Crippen molar-refractivity contribution in [1.29, 1.82) is 0 Å². The van der Waals surface area contributed by atoms with E-state index in [1.807, 2.05) is 28.5 Å². The Kier molecular flexibility index (Phi) is 4.78. The summed E-state index contributed by atoms with van der Waals surface area (Å²) in [7, 11) is 0. The molecule has 2 aliphatic heterocycles. The predicted molar refractivity (Wildman–Crippen MR) is 135 cm³/mol. The first-order chi connectivity index (χ1) is 17.5. The molecular weight excluding hydrogens is 456 g/mol. The first kappa shape index (κ1) is 21.7. The van der Waals surface area contributed by atoms with Gasteiger partial charge in [-0.05, 0) is 56.2 Å². The van der Waals surface area contributed by atoms with E-state index in [2.05, 4.69) is 6.07 Å². The van der Waals surface area contributed by atoms with Gasteiger partial charge in [0.1, 0.15) is 16.9 Å². The number of benzene rings is 1. The second-order valence-electron chi connectivity index (χ2n) is 10.7. The Bertz CT molecular complexity index is 1670. The van der Waals surface area contributed by atoms with Gasteiger partial charge in [-0.2, -0.15) is 0 Å². The molecule has 1 saturated heterocycles. The molecule has 0 radical (unpaired) electrons. The molecule has 3 aliphatic rings. The van der Waals surface area contributed by atoms with Crippen LogP contribution < -0.4 is 11.2 Å². The highest BCUT2D eigenvalue weighted by atomic mass is 16.4. The van der Waals surface area contributed by atoms with Crippen LogP contribution in [-0.4, -0.2) is 28.5 Å². The van der Waals surface area contributed by atoms with Crippen LogP contribution in [0.25, 0.3) is 21.9 Å². The molecule has 0 N–H and O–H groups in total. The third-order valence-electron chi connectivity index (χ3n) is 8.52. The van der Waals surface area contributed by atoms with E-state index in [4.69, 9.17) is 8.83 Å². The van der Waals surface area contributed by atoms with Gasteiger partial charge >= 0.3 is 5.63 Å². The average Bonchev–Trinajstić information content (AvgIpc) is 3.23. The summed E-state index contributed by atoms with van der Waals surface area (Å²) >= 11 is 0. The fraction of sp³-hybridized carbons (Fsp3) is 0.414. The summed E-state index contributed by atoms with van der Waals surface area (Å²) in [5.74, 6) is 1.37. The van der Waals surface area contributed by atoms with Gasteiger partial charge in [0.05, 0.1) is 12.0 Å². The highest BCUT2D eigenvalue weighted by molar-refractivity contribution is 5.97. The summed E-state index contributed by atoms with van der Waals surface area (Å²) in [4.78, 5) is 40.6. The van der Waals surface area contributed by atoms with Gasteiger partial charge in [0, 0.05) is 66.1 Å². The topological polar surface area (TPSA) is 85.7 Å². The van der Waals surface area contributed by atoms with Crippen molar-refractivity contribution in [2.45, 2.75) is 57.9 Å². The highest BCUT2D eigenvalue weighted by Crippen LogP contribution is 2.37. The summed E-state index contributed by atoms with van der Waals surface area (Å²) < 4.78 is 13.6. The number of likely N-dealkylation sites (tertiary alicyclic amines) is 1. The van der Waals surface area contributed by atoms with Crippen molar-refractivity contribution in [2.75, 3.05) is 13.1 Å². The molecule has 1 fully saturated rings. The summed E-state index contributed by atoms with van der Waals surface area (Å²) in [6.07, 6.45) is 5.23. The Labute approximate surface area is 207 Å². The van der Waals surface area contributed by atoms with Crippen molar-refractivity contribution < 1.29 is 13.6 Å². The van der Waals surface area contributed by atoms with Crippen LogP contribution in [0.4, 0.5) is 0 Å². The molecule has 0 saturated carbocycles. The average molecular weight is 485 g/mol. The molecule has 2 atom stereocenters. The normalized spacial score (nSPS) is 21.0. The number of carbonyl (C=O) groups excluding carboxylic acids is 1. The third-order valence-corrected chi connectivity index (χ3v) is 8.52. The molecule has 184 valence electrons. The van der Waals surface area contributed by atoms with E-state index < -0.39 is 5.63 Å². The molecule has 7 heteroatoms. The van der Waals surface area contributed by atoms with Crippen LogP contribution in [0.1, 0.15) is 53.3 Å². The van der Waals surface area contributed by atoms with Crippen molar-refractivity contribution in [3.05, 3.63) is 79.3 Å². The van der Waals surface area contributed by atoms with Crippen LogP contribution >= 0.6 is 0 Å². The number of nitrogens with zero attached hydrogens (tertiary/aromatic N) is 2. The number of carbonyl (C=O) groups is 1. The Morgan fingerprint density at radius 2 is 1.83 bits per heavy atom. The molecule has 5 heterocycles. The van der Waals surface area contributed by atoms with Crippen molar-refractivity contribution in [3.8, 4) is 0 Å². The molecule has 0 unspecified atom stereocenters. The molecule has 2 bridgehead atoms. The molecule has 7 nitrogen and oxygen atoms in total. The van der Waals surface area contributed by atoms with E-state index in [1.165, 1.54) is 5.56 Å². The second-order valence-corrected chi connectivity index (χ2v) is 10.7. The van der Waals surface area contributed by atoms with Gasteiger partial charge in [-0.25, -0.2) is 4.79 Å². The quantitative estimate of drug-likeness (QED) is 0.400. The molecule has 3 aromatic heterocycles. The first-order valence-corrected chi connectivity index (χ1v) is 12.9. The number of amides is 1. The number of aryl methyl sites for hydroxylation is 3. The van der Waals surface area contributed by atoms with E-state index in [0.29, 0.717) is 30.8 Å². The van der Waals surface area contributed by atoms with Gasteiger partial charge in [0.15, 0.2) is 0 Å². The van der Waals surface area contributed by atoms with Gasteiger partial charge in [0.25, 0.3) is 5.56 Å². The number of piperidine rings is 1. The standard InChI is InChI=1S/C29H28N2O5/c1-16-20-10-22-19-5-2-3-7-24(19)35-26(22)12-25(20)36-29(34)21(16)11-28(33)30-13-17-9-18(15-30)23-6-4-8-27(32)31(23)14-17/h4,6,8,10,12,17-18H,2-3,5,7,9,11,13-15H2,1H3/t17-,18-/m0/s1. The van der Waals surface area contributed by atoms with Gasteiger partial charge in [-0.3, -0.25) is 9.59 Å². The number of hydrogen-bond acceptors (Lipinski definition) is 5. The van der Waals surface area contributed by atoms with E-state index >= 15 is 0 Å². The van der Waals surface area contributed by atoms with Crippen molar-refractivity contribution >= 4 is 27.8 Å². The maximum Gasteiger partial charge on any atom is 0.340 e. The van der Waals surface area contributed by atoms with E-state index in [-0.39, 0.29) is 29.7 Å². The second kappa shape index (κ2) is 7.95. The Morgan fingerprint density at radius 1 is 1.00 bits per heavy atom. The zero-order chi connectivity index (χ0) is 24.6. The first-order valence-electron chi connectivity index (χ1n) is 12.9. The lowest BCUT2D eigenvalue weighted by molar-refractivity contribution is -0.133. The number of hydrogen-bond donors (Lipinski definition) is 0. The molecule has 1 aromatic carbocycles. The maximum absolute atomic E-state index is 13.4. The number of pyridine rings is 1. The monoisotopic (exact) mass is 484 g/mol. The fourth-order valence-corrected chi connectivity index (χ4v) is 6.71. The van der Waals surface area contributed by atoms with Gasteiger partial charge in [-0.15, -0.1) is 0 Å². The summed E-state index contributed by atoms with van der Waals surface area (Å²) in [5.41, 5.74) is 4.33. The molecule has 1 aliphatic carbocycles. The van der Waals surface area contributed by atoms with Gasteiger partial charge in [0.2, 0.25) is 5.91 Å². The van der Waals surface area contributed by atoms with Gasteiger partial charge in [-0.1, -0.05) is 6.07 Å². The fourth-order valence-electron chi connectivity index (χ4n) is 6.71. The zero-order valence-corrected chi connectivity index (χ0v) is 20.3. The molecule has 0 spiro atoms. The lowest BCUT2D eigenvalue weighted by atomic mass is 9.83. The van der Waals surface area contributed by atoms with Crippen molar-refractivity contribution in [2.24, 2.45) is 5.92 Å². The molecule has 1 amide bonds. The number of aromatic nitrogens is 1. The van der Waals surface area contributed by atoms with Crippen molar-refractivity contribution in [1.82, 2.24) is 9.47 Å². The van der Waals surface area contributed by atoms with Crippen molar-refractivity contribution in [3.63, 3.8) is 0 Å². The minimum atomic E-state index is -0.460. The highest BCUT2D eigenvalue weighted by Gasteiger charge is 2.36. The summed E-state index contributed by atoms with van der Waals surface area (Å²) in [6, 6.07) is 9.29. The maximum atomic E-state index is 13.4. The van der Waals surface area contributed by atoms with Crippen LogP contribution in [-0.2, 0) is 30.6 Å². The number of furan rings is 1. The summed E-state index contributed by atoms with van der Waals surface area (Å²) in [5, 5.41) is 1.95. The zero-order valence-electron chi connectivity index (χ0n) is 20.3. The van der Waals surface area contributed by atoms with Crippen LogP contribution in [0.3, 0.4) is 0 Å². The molecular formula is C29H28N2O5. The molecule has 4 aromatic rings. The third kappa shape index (κ3) is 3.29. The largest absolute Gasteiger partial charge is 0.461 e. The molecule has 36 heavy (non-hydrogen) atoms. The Hall–Kier alpha value is -3.61. The minimum Gasteiger partial charge on any atom is -0.461 e. The van der Waals surface area contributed by atoms with E-state index in [1.54, 1.807) is 12.1 Å².